The molecule has 0 heterocycles. The summed E-state index contributed by atoms with van der Waals surface area (Å²) in [5.41, 5.74) is 5.18. The summed E-state index contributed by atoms with van der Waals surface area (Å²) >= 11 is 23.4. The molecule has 4 fully saturated rings. The first-order chi connectivity index (χ1) is 30.8. The van der Waals surface area contributed by atoms with E-state index in [1.54, 1.807) is 6.92 Å². The SMILES string of the molecule is CC.CN=CC1(c2ccc(Cl)cc2)CCC1.CNC(CC(C)C)C1(c2ccc(Cl)cc2)CCC1.N#CC1(c2ccc(Cl)cc2)CCC1.O=CC1(c2ccc(Cl)cc2)CCC1.[B]C#CC. The van der Waals surface area contributed by atoms with Gasteiger partial charge in [0, 0.05) is 50.2 Å². The molecular formula is C55H68BCl4N3O. The normalized spacial score (nSPS) is 17.8. The number of hydrogen-bond donors (Lipinski definition) is 1. The summed E-state index contributed by atoms with van der Waals surface area (Å²) in [6.45, 7) is 10.3. The average molecular weight is 940 g/mol. The lowest BCUT2D eigenvalue weighted by atomic mass is 9.59. The molecular weight excluding hydrogens is 871 g/mol. The molecule has 9 heteroatoms. The van der Waals surface area contributed by atoms with E-state index in [0.717, 1.165) is 81.9 Å². The van der Waals surface area contributed by atoms with Gasteiger partial charge in [-0.25, -0.2) is 0 Å². The van der Waals surface area contributed by atoms with Gasteiger partial charge in [0.25, 0.3) is 0 Å². The van der Waals surface area contributed by atoms with Crippen molar-refractivity contribution in [3.63, 3.8) is 0 Å². The number of likely N-dealkylation sites (N-methyl/N-ethyl adjacent to an activating group) is 1. The van der Waals surface area contributed by atoms with E-state index in [1.807, 2.05) is 93.7 Å². The Kier molecular flexibility index (Phi) is 23.3. The molecule has 64 heavy (non-hydrogen) atoms. The second kappa shape index (κ2) is 27.2. The number of rotatable bonds is 10. The van der Waals surface area contributed by atoms with E-state index in [9.17, 15) is 4.79 Å². The Labute approximate surface area is 407 Å². The quantitative estimate of drug-likeness (QED) is 0.0746. The van der Waals surface area contributed by atoms with Crippen molar-refractivity contribution >= 4 is 66.8 Å². The van der Waals surface area contributed by atoms with Crippen LogP contribution in [0.4, 0.5) is 0 Å². The summed E-state index contributed by atoms with van der Waals surface area (Å²) in [7, 11) is 8.61. The highest BCUT2D eigenvalue weighted by atomic mass is 35.5. The lowest BCUT2D eigenvalue weighted by Gasteiger charge is -2.49. The molecule has 0 aromatic heterocycles. The molecule has 1 atom stereocenters. The first kappa shape index (κ1) is 54.8. The number of benzene rings is 4. The second-order valence-corrected chi connectivity index (χ2v) is 19.2. The van der Waals surface area contributed by atoms with Gasteiger partial charge in [-0.3, -0.25) is 4.99 Å². The van der Waals surface area contributed by atoms with Crippen LogP contribution >= 0.6 is 46.4 Å². The summed E-state index contributed by atoms with van der Waals surface area (Å²) < 4.78 is 0. The fourth-order valence-electron chi connectivity index (χ4n) is 8.93. The van der Waals surface area contributed by atoms with E-state index < -0.39 is 0 Å². The van der Waals surface area contributed by atoms with E-state index in [2.05, 4.69) is 87.3 Å². The van der Waals surface area contributed by atoms with E-state index in [0.29, 0.717) is 11.5 Å². The fraction of sp³-hybridized carbons (Fsp3) is 0.473. The van der Waals surface area contributed by atoms with Gasteiger partial charge in [0.1, 0.15) is 6.29 Å². The number of nitrogens with zero attached hydrogens (tertiary/aromatic N) is 2. The predicted molar refractivity (Wildman–Crippen MR) is 277 cm³/mol. The maximum Gasteiger partial charge on any atom is 0.187 e. The standard InChI is InChI=1S/C16H24ClN.C12H14ClN.C11H10ClN.C11H11ClO.C3H3B.C2H6/c1-12(2)11-15(18-3)16(9-4-10-16)13-5-7-14(17)8-6-13;1-14-9-12(7-2-8-12)10-3-5-11(13)6-4-10;2*12-10-4-2-9(3-5-10)11(8-13)6-1-7-11;1-2-3-4;1-2/h5-8,12,15,18H,4,9-11H2,1-3H3;3-6,9H,2,7-8H2,1H3;2-5H,1,6-7H2;2-5,8H,1,6-7H2;1H3;1-2H3. The van der Waals surface area contributed by atoms with Gasteiger partial charge in [0.15, 0.2) is 7.85 Å². The molecule has 340 valence electrons. The molecule has 4 nitrogen and oxygen atoms in total. The number of aldehydes is 1. The van der Waals surface area contributed by atoms with Crippen molar-refractivity contribution in [2.24, 2.45) is 10.9 Å². The van der Waals surface area contributed by atoms with Crippen molar-refractivity contribution in [3.05, 3.63) is 139 Å². The summed E-state index contributed by atoms with van der Waals surface area (Å²) in [5, 5.41) is 15.7. The third-order valence-corrected chi connectivity index (χ3v) is 14.3. The molecule has 0 bridgehead atoms. The Morgan fingerprint density at radius 3 is 1.27 bits per heavy atom. The zero-order valence-electron chi connectivity index (χ0n) is 39.1. The third kappa shape index (κ3) is 14.5. The number of hydrogen-bond acceptors (Lipinski definition) is 4. The van der Waals surface area contributed by atoms with Crippen molar-refractivity contribution in [1.82, 2.24) is 5.32 Å². The summed E-state index contributed by atoms with van der Waals surface area (Å²) in [6, 6.07) is 34.9. The zero-order valence-corrected chi connectivity index (χ0v) is 42.2. The van der Waals surface area contributed by atoms with Gasteiger partial charge in [0.05, 0.1) is 16.9 Å². The average Bonchev–Trinajstić information content (AvgIpc) is 3.25. The number of carbonyl (C=O) groups excluding carboxylic acids is 1. The minimum absolute atomic E-state index is 0.190. The molecule has 4 saturated carbocycles. The van der Waals surface area contributed by atoms with Crippen LogP contribution in [0, 0.1) is 29.0 Å². The number of carbonyl (C=O) groups is 1. The largest absolute Gasteiger partial charge is 0.316 e. The fourth-order valence-corrected chi connectivity index (χ4v) is 9.43. The molecule has 4 aliphatic carbocycles. The molecule has 0 saturated heterocycles. The highest BCUT2D eigenvalue weighted by Crippen LogP contribution is 2.48. The molecule has 0 spiro atoms. The molecule has 4 aromatic carbocycles. The molecule has 1 unspecified atom stereocenters. The van der Waals surface area contributed by atoms with Gasteiger partial charge in [0.2, 0.25) is 0 Å². The van der Waals surface area contributed by atoms with Crippen LogP contribution in [-0.2, 0) is 26.5 Å². The Morgan fingerprint density at radius 1 is 0.656 bits per heavy atom. The maximum absolute atomic E-state index is 11.0. The maximum atomic E-state index is 11.0. The van der Waals surface area contributed by atoms with Crippen molar-refractivity contribution in [2.45, 2.75) is 146 Å². The van der Waals surface area contributed by atoms with Gasteiger partial charge in [-0.1, -0.05) is 142 Å². The lowest BCUT2D eigenvalue weighted by Crippen LogP contribution is -2.52. The highest BCUT2D eigenvalue weighted by molar-refractivity contribution is 6.31. The summed E-state index contributed by atoms with van der Waals surface area (Å²) in [5.74, 6) is 5.37. The topological polar surface area (TPSA) is 65.2 Å². The third-order valence-electron chi connectivity index (χ3n) is 13.3. The molecule has 1 N–H and O–H groups in total. The van der Waals surface area contributed by atoms with E-state index >= 15 is 0 Å². The smallest absolute Gasteiger partial charge is 0.187 e. The second-order valence-electron chi connectivity index (χ2n) is 17.5. The minimum Gasteiger partial charge on any atom is -0.316 e. The van der Waals surface area contributed by atoms with Crippen LogP contribution < -0.4 is 5.32 Å². The van der Waals surface area contributed by atoms with Crippen LogP contribution in [0.5, 0.6) is 0 Å². The summed E-state index contributed by atoms with van der Waals surface area (Å²) in [4.78, 5) is 15.1. The molecule has 4 aliphatic rings. The van der Waals surface area contributed by atoms with Crippen molar-refractivity contribution in [1.29, 1.82) is 5.26 Å². The van der Waals surface area contributed by atoms with Crippen LogP contribution in [0.2, 0.25) is 20.1 Å². The van der Waals surface area contributed by atoms with Crippen LogP contribution in [0.15, 0.2) is 102 Å². The Bertz CT molecular complexity index is 2100. The van der Waals surface area contributed by atoms with Gasteiger partial charge >= 0.3 is 0 Å². The van der Waals surface area contributed by atoms with Gasteiger partial charge in [-0.05, 0) is 155 Å². The van der Waals surface area contributed by atoms with Crippen molar-refractivity contribution < 1.29 is 4.79 Å². The molecule has 0 amide bonds. The van der Waals surface area contributed by atoms with Gasteiger partial charge in [-0.15, -0.1) is 5.92 Å². The summed E-state index contributed by atoms with van der Waals surface area (Å²) in [6.07, 6.45) is 18.3. The van der Waals surface area contributed by atoms with E-state index in [4.69, 9.17) is 51.7 Å². The van der Waals surface area contributed by atoms with E-state index in [1.165, 1.54) is 56.1 Å². The van der Waals surface area contributed by atoms with Crippen LogP contribution in [-0.4, -0.2) is 40.5 Å². The zero-order chi connectivity index (χ0) is 47.2. The molecule has 4 aromatic rings. The van der Waals surface area contributed by atoms with Crippen molar-refractivity contribution in [2.75, 3.05) is 14.1 Å². The van der Waals surface area contributed by atoms with Crippen LogP contribution in [0.25, 0.3) is 0 Å². The lowest BCUT2D eigenvalue weighted by molar-refractivity contribution is -0.115. The monoisotopic (exact) mass is 937 g/mol. The number of halogens is 4. The van der Waals surface area contributed by atoms with E-state index in [-0.39, 0.29) is 16.2 Å². The Balaban J connectivity index is 0.000000219. The van der Waals surface area contributed by atoms with Crippen molar-refractivity contribution in [3.8, 4) is 17.8 Å². The first-order valence-corrected chi connectivity index (χ1v) is 24.5. The minimum atomic E-state index is -0.204. The number of nitriles is 1. The van der Waals surface area contributed by atoms with Gasteiger partial charge in [-0.2, -0.15) is 11.1 Å². The molecule has 0 aliphatic heterocycles. The first-order valence-electron chi connectivity index (χ1n) is 22.9. The Hall–Kier alpha value is -3.55. The number of nitrogens with one attached hydrogen (secondary N) is 1. The Morgan fingerprint density at radius 2 is 1.02 bits per heavy atom. The highest BCUT2D eigenvalue weighted by Gasteiger charge is 2.45. The molecule has 8 rings (SSSR count). The molecule has 2 radical (unpaired) electrons. The number of aliphatic imine (C=N–C) groups is 1. The van der Waals surface area contributed by atoms with Crippen LogP contribution in [0.1, 0.15) is 140 Å². The predicted octanol–water partition coefficient (Wildman–Crippen LogP) is 15.3. The van der Waals surface area contributed by atoms with Crippen LogP contribution in [0.3, 0.4) is 0 Å². The van der Waals surface area contributed by atoms with Gasteiger partial charge < -0.3 is 10.1 Å².